The number of carbonyl (C=O) groups excluding carboxylic acids is 1. The molecule has 2 aromatic rings. The van der Waals surface area contributed by atoms with Crippen LogP contribution in [0.2, 0.25) is 0 Å². The predicted molar refractivity (Wildman–Crippen MR) is 60.4 cm³/mol. The number of nitrogens with one attached hydrogen (secondary N) is 1. The summed E-state index contributed by atoms with van der Waals surface area (Å²) in [6.07, 6.45) is 2.88. The first-order valence-corrected chi connectivity index (χ1v) is 5.29. The van der Waals surface area contributed by atoms with E-state index in [0.29, 0.717) is 30.2 Å². The van der Waals surface area contributed by atoms with Crippen molar-refractivity contribution in [3.8, 4) is 0 Å². The van der Waals surface area contributed by atoms with E-state index in [-0.39, 0.29) is 0 Å². The normalized spacial score (nSPS) is 10.3. The average Bonchev–Trinajstić information content (AvgIpc) is 2.92. The van der Waals surface area contributed by atoms with Gasteiger partial charge in [0.05, 0.1) is 24.9 Å². The summed E-state index contributed by atoms with van der Waals surface area (Å²) in [7, 11) is 1.34. The van der Waals surface area contributed by atoms with Gasteiger partial charge in [0, 0.05) is 12.7 Å². The van der Waals surface area contributed by atoms with Crippen LogP contribution in [0.1, 0.15) is 21.9 Å². The minimum absolute atomic E-state index is 0.403. The number of ether oxygens (including phenoxy) is 1. The Balaban J connectivity index is 1.98. The summed E-state index contributed by atoms with van der Waals surface area (Å²) in [5.41, 5.74) is 1.06. The largest absolute Gasteiger partial charge is 0.465 e. The summed E-state index contributed by atoms with van der Waals surface area (Å²) in [5, 5.41) is 6.73. The van der Waals surface area contributed by atoms with Crippen LogP contribution in [0.4, 0.5) is 0 Å². The summed E-state index contributed by atoms with van der Waals surface area (Å²) in [5.74, 6) is 0.144. The zero-order valence-corrected chi connectivity index (χ0v) is 9.79. The van der Waals surface area contributed by atoms with Crippen molar-refractivity contribution in [1.29, 1.82) is 0 Å². The molecule has 0 aromatic carbocycles. The lowest BCUT2D eigenvalue weighted by atomic mass is 10.2. The van der Waals surface area contributed by atoms with Crippen LogP contribution in [-0.2, 0) is 17.8 Å². The quantitative estimate of drug-likeness (QED) is 0.772. The Labute approximate surface area is 103 Å². The van der Waals surface area contributed by atoms with Crippen molar-refractivity contribution in [3.05, 3.63) is 41.8 Å². The first-order valence-electron chi connectivity index (χ1n) is 5.29. The molecule has 0 aliphatic carbocycles. The van der Waals surface area contributed by atoms with Crippen LogP contribution < -0.4 is 5.32 Å². The van der Waals surface area contributed by atoms with Crippen LogP contribution in [0, 0.1) is 0 Å². The van der Waals surface area contributed by atoms with Crippen molar-refractivity contribution in [2.75, 3.05) is 7.11 Å². The predicted octanol–water partition coefficient (Wildman–Crippen LogP) is 0.541. The molecule has 0 aliphatic heterocycles. The maximum Gasteiger partial charge on any atom is 0.339 e. The third-order valence-electron chi connectivity index (χ3n) is 2.28. The van der Waals surface area contributed by atoms with Crippen molar-refractivity contribution >= 4 is 5.97 Å². The first-order chi connectivity index (χ1) is 8.81. The Morgan fingerprint density at radius 3 is 3.06 bits per heavy atom. The second-order valence-electron chi connectivity index (χ2n) is 3.44. The van der Waals surface area contributed by atoms with E-state index in [1.807, 2.05) is 0 Å². The number of aromatic nitrogens is 3. The summed E-state index contributed by atoms with van der Waals surface area (Å²) < 4.78 is 9.29. The number of methoxy groups -OCH3 is 1. The molecule has 0 saturated carbocycles. The van der Waals surface area contributed by atoms with E-state index in [1.165, 1.54) is 13.5 Å². The molecule has 0 aliphatic rings. The van der Waals surface area contributed by atoms with E-state index in [1.54, 1.807) is 18.3 Å². The lowest BCUT2D eigenvalue weighted by Crippen LogP contribution is -2.17. The third-order valence-corrected chi connectivity index (χ3v) is 2.28. The van der Waals surface area contributed by atoms with E-state index >= 15 is 0 Å². The van der Waals surface area contributed by atoms with Crippen molar-refractivity contribution in [3.63, 3.8) is 0 Å². The van der Waals surface area contributed by atoms with E-state index in [9.17, 15) is 4.79 Å². The second kappa shape index (κ2) is 5.87. The van der Waals surface area contributed by atoms with Gasteiger partial charge in [0.1, 0.15) is 0 Å². The fourth-order valence-electron chi connectivity index (χ4n) is 1.44. The number of hydrogen-bond acceptors (Lipinski definition) is 7. The number of esters is 1. The van der Waals surface area contributed by atoms with E-state index in [2.05, 4.69) is 29.7 Å². The molecule has 0 amide bonds. The molecule has 1 N–H and O–H groups in total. The van der Waals surface area contributed by atoms with E-state index < -0.39 is 5.97 Å². The van der Waals surface area contributed by atoms with Crippen LogP contribution in [-0.4, -0.2) is 28.2 Å². The highest BCUT2D eigenvalue weighted by Crippen LogP contribution is 2.06. The van der Waals surface area contributed by atoms with Gasteiger partial charge in [0.15, 0.2) is 5.82 Å². The lowest BCUT2D eigenvalue weighted by molar-refractivity contribution is 0.0598. The maximum absolute atomic E-state index is 11.5. The van der Waals surface area contributed by atoms with Gasteiger partial charge in [-0.2, -0.15) is 4.98 Å². The van der Waals surface area contributed by atoms with Gasteiger partial charge in [-0.1, -0.05) is 5.16 Å². The standard InChI is InChI=1S/C11H12N4O3/c1-17-11(16)8-3-2-4-13-9(8)5-12-6-10-14-7-18-15-10/h2-4,7,12H,5-6H2,1H3. The molecule has 0 unspecified atom stereocenters. The number of carbonyl (C=O) groups is 1. The molecule has 0 radical (unpaired) electrons. The van der Waals surface area contributed by atoms with E-state index in [4.69, 9.17) is 0 Å². The highest BCUT2D eigenvalue weighted by molar-refractivity contribution is 5.90. The summed E-state index contributed by atoms with van der Waals surface area (Å²) in [6, 6.07) is 3.36. The minimum Gasteiger partial charge on any atom is -0.465 e. The smallest absolute Gasteiger partial charge is 0.339 e. The topological polar surface area (TPSA) is 90.1 Å². The number of nitrogens with zero attached hydrogens (tertiary/aromatic N) is 3. The monoisotopic (exact) mass is 248 g/mol. The van der Waals surface area contributed by atoms with Gasteiger partial charge in [-0.25, -0.2) is 4.79 Å². The Kier molecular flexibility index (Phi) is 3.98. The maximum atomic E-state index is 11.5. The first kappa shape index (κ1) is 12.2. The van der Waals surface area contributed by atoms with Crippen molar-refractivity contribution in [2.45, 2.75) is 13.1 Å². The van der Waals surface area contributed by atoms with Gasteiger partial charge in [0.25, 0.3) is 0 Å². The van der Waals surface area contributed by atoms with Gasteiger partial charge in [0.2, 0.25) is 6.39 Å². The van der Waals surface area contributed by atoms with Crippen molar-refractivity contribution < 1.29 is 14.1 Å². The Morgan fingerprint density at radius 2 is 2.33 bits per heavy atom. The molecule has 2 heterocycles. The molecular weight excluding hydrogens is 236 g/mol. The van der Waals surface area contributed by atoms with Gasteiger partial charge in [-0.3, -0.25) is 4.98 Å². The number of rotatable bonds is 5. The molecule has 7 nitrogen and oxygen atoms in total. The van der Waals surface area contributed by atoms with Gasteiger partial charge in [-0.05, 0) is 12.1 Å². The average molecular weight is 248 g/mol. The molecule has 0 bridgehead atoms. The molecular formula is C11H12N4O3. The molecule has 2 aromatic heterocycles. The van der Waals surface area contributed by atoms with Gasteiger partial charge < -0.3 is 14.6 Å². The van der Waals surface area contributed by atoms with Crippen LogP contribution >= 0.6 is 0 Å². The number of hydrogen-bond donors (Lipinski definition) is 1. The SMILES string of the molecule is COC(=O)c1cccnc1CNCc1ncon1. The highest BCUT2D eigenvalue weighted by atomic mass is 16.5. The highest BCUT2D eigenvalue weighted by Gasteiger charge is 2.11. The molecule has 18 heavy (non-hydrogen) atoms. The zero-order valence-electron chi connectivity index (χ0n) is 9.79. The zero-order chi connectivity index (χ0) is 12.8. The summed E-state index contributed by atoms with van der Waals surface area (Å²) in [4.78, 5) is 19.5. The van der Waals surface area contributed by atoms with Gasteiger partial charge in [-0.15, -0.1) is 0 Å². The van der Waals surface area contributed by atoms with Crippen LogP contribution in [0.15, 0.2) is 29.2 Å². The summed E-state index contributed by atoms with van der Waals surface area (Å²) in [6.45, 7) is 0.855. The fourth-order valence-corrected chi connectivity index (χ4v) is 1.44. The van der Waals surface area contributed by atoms with Crippen molar-refractivity contribution in [1.82, 2.24) is 20.4 Å². The molecule has 0 spiro atoms. The van der Waals surface area contributed by atoms with Gasteiger partial charge >= 0.3 is 5.97 Å². The van der Waals surface area contributed by atoms with E-state index in [0.717, 1.165) is 0 Å². The number of pyridine rings is 1. The molecule has 7 heteroatoms. The molecule has 0 atom stereocenters. The fraction of sp³-hybridized carbons (Fsp3) is 0.273. The third kappa shape index (κ3) is 2.89. The van der Waals surface area contributed by atoms with Crippen LogP contribution in [0.25, 0.3) is 0 Å². The molecule has 0 fully saturated rings. The van der Waals surface area contributed by atoms with Crippen LogP contribution in [0.5, 0.6) is 0 Å². The molecule has 94 valence electrons. The summed E-state index contributed by atoms with van der Waals surface area (Å²) >= 11 is 0. The second-order valence-corrected chi connectivity index (χ2v) is 3.44. The minimum atomic E-state index is -0.403. The molecule has 2 rings (SSSR count). The Morgan fingerprint density at radius 1 is 1.44 bits per heavy atom. The lowest BCUT2D eigenvalue weighted by Gasteiger charge is -2.06. The van der Waals surface area contributed by atoms with Crippen LogP contribution in [0.3, 0.4) is 0 Å². The van der Waals surface area contributed by atoms with Crippen molar-refractivity contribution in [2.24, 2.45) is 0 Å². The Hall–Kier alpha value is -2.28. The Bertz CT molecular complexity index is 513. The molecule has 0 saturated heterocycles.